The molecule has 8 nitrogen and oxygen atoms in total. The van der Waals surface area contributed by atoms with Crippen LogP contribution in [0.25, 0.3) is 16.9 Å². The lowest BCUT2D eigenvalue weighted by Crippen LogP contribution is -2.19. The van der Waals surface area contributed by atoms with E-state index in [1.807, 2.05) is 24.3 Å². The van der Waals surface area contributed by atoms with Crippen LogP contribution in [-0.2, 0) is 13.0 Å². The maximum atomic E-state index is 11.8. The number of aromatic nitrogens is 4. The highest BCUT2D eigenvalue weighted by molar-refractivity contribution is 6.05. The highest BCUT2D eigenvalue weighted by Crippen LogP contribution is 2.29. The predicted molar refractivity (Wildman–Crippen MR) is 116 cm³/mol. The van der Waals surface area contributed by atoms with Crippen molar-refractivity contribution in [3.63, 3.8) is 0 Å². The van der Waals surface area contributed by atoms with Gasteiger partial charge in [0.05, 0.1) is 17.3 Å². The van der Waals surface area contributed by atoms with Crippen molar-refractivity contribution in [3.05, 3.63) is 71.4 Å². The van der Waals surface area contributed by atoms with Crippen LogP contribution in [-0.4, -0.2) is 32.2 Å². The van der Waals surface area contributed by atoms with Crippen LogP contribution in [0, 0.1) is 0 Å². The monoisotopic (exact) mass is 399 g/mol. The second kappa shape index (κ2) is 7.47. The number of hydrogen-bond acceptors (Lipinski definition) is 6. The minimum Gasteiger partial charge on any atom is -0.370 e. The van der Waals surface area contributed by atoms with Crippen molar-refractivity contribution in [1.29, 1.82) is 0 Å². The maximum Gasteiger partial charge on any atom is 0.255 e. The average Bonchev–Trinajstić information content (AvgIpc) is 3.22. The van der Waals surface area contributed by atoms with Crippen LogP contribution in [0.1, 0.15) is 27.9 Å². The Balaban J connectivity index is 1.58. The molecule has 3 heterocycles. The molecule has 2 aromatic heterocycles. The largest absolute Gasteiger partial charge is 0.370 e. The summed E-state index contributed by atoms with van der Waals surface area (Å²) >= 11 is 0. The molecule has 0 saturated heterocycles. The Kier molecular flexibility index (Phi) is 4.51. The molecule has 4 N–H and O–H groups in total. The summed E-state index contributed by atoms with van der Waals surface area (Å²) in [4.78, 5) is 21.3. The van der Waals surface area contributed by atoms with Crippen LogP contribution in [0.2, 0.25) is 0 Å². The lowest BCUT2D eigenvalue weighted by molar-refractivity contribution is 0.100. The molecule has 0 atom stereocenters. The quantitative estimate of drug-likeness (QED) is 0.476. The topological polar surface area (TPSA) is 111 Å². The van der Waals surface area contributed by atoms with Crippen LogP contribution < -0.4 is 16.4 Å². The first-order valence-electron chi connectivity index (χ1n) is 9.90. The number of primary amides is 1. The number of nitrogens with one attached hydrogen (secondary N) is 2. The smallest absolute Gasteiger partial charge is 0.255 e. The second-order valence-corrected chi connectivity index (χ2v) is 7.23. The molecule has 8 heteroatoms. The van der Waals surface area contributed by atoms with E-state index < -0.39 is 5.91 Å². The van der Waals surface area contributed by atoms with Gasteiger partial charge in [0.1, 0.15) is 11.6 Å². The van der Waals surface area contributed by atoms with Crippen molar-refractivity contribution in [2.75, 3.05) is 17.2 Å². The minimum atomic E-state index is -0.488. The van der Waals surface area contributed by atoms with Crippen LogP contribution in [0.15, 0.2) is 54.7 Å². The first kappa shape index (κ1) is 18.1. The first-order chi connectivity index (χ1) is 14.7. The van der Waals surface area contributed by atoms with Crippen molar-refractivity contribution >= 4 is 28.4 Å². The molecule has 30 heavy (non-hydrogen) atoms. The zero-order valence-corrected chi connectivity index (χ0v) is 16.3. The Morgan fingerprint density at radius 2 is 2.00 bits per heavy atom. The molecule has 0 unspecified atom stereocenters. The van der Waals surface area contributed by atoms with E-state index in [9.17, 15) is 4.79 Å². The Bertz CT molecular complexity index is 1230. The predicted octanol–water partition coefficient (Wildman–Crippen LogP) is 2.88. The van der Waals surface area contributed by atoms with Crippen LogP contribution in [0.3, 0.4) is 0 Å². The van der Waals surface area contributed by atoms with E-state index in [0.717, 1.165) is 42.1 Å². The van der Waals surface area contributed by atoms with E-state index in [2.05, 4.69) is 27.9 Å². The summed E-state index contributed by atoms with van der Waals surface area (Å²) in [6, 6.07) is 15.5. The molecular weight excluding hydrogens is 378 g/mol. The summed E-state index contributed by atoms with van der Waals surface area (Å²) in [6.45, 7) is 1.53. The number of benzene rings is 2. The van der Waals surface area contributed by atoms with Crippen molar-refractivity contribution in [2.24, 2.45) is 5.73 Å². The van der Waals surface area contributed by atoms with Gasteiger partial charge in [0.15, 0.2) is 0 Å². The molecule has 2 aromatic carbocycles. The highest BCUT2D eigenvalue weighted by Gasteiger charge is 2.20. The summed E-state index contributed by atoms with van der Waals surface area (Å²) in [7, 11) is 0. The number of amides is 1. The highest BCUT2D eigenvalue weighted by atomic mass is 16.1. The summed E-state index contributed by atoms with van der Waals surface area (Å²) in [5.74, 6) is 1.56. The number of nitrogens with zero attached hydrogens (tertiary/aromatic N) is 4. The van der Waals surface area contributed by atoms with Crippen LogP contribution in [0.5, 0.6) is 0 Å². The van der Waals surface area contributed by atoms with Gasteiger partial charge in [-0.15, -0.1) is 0 Å². The average molecular weight is 399 g/mol. The molecular formula is C22H21N7O. The molecule has 0 aliphatic carbocycles. The Morgan fingerprint density at radius 1 is 1.13 bits per heavy atom. The Morgan fingerprint density at radius 3 is 2.83 bits per heavy atom. The van der Waals surface area contributed by atoms with Gasteiger partial charge < -0.3 is 16.4 Å². The van der Waals surface area contributed by atoms with Gasteiger partial charge in [-0.2, -0.15) is 19.7 Å². The summed E-state index contributed by atoms with van der Waals surface area (Å²) in [5, 5.41) is 12.0. The van der Waals surface area contributed by atoms with Crippen molar-refractivity contribution in [3.8, 4) is 5.95 Å². The number of nitrogens with two attached hydrogens (primary N) is 1. The van der Waals surface area contributed by atoms with Gasteiger partial charge >= 0.3 is 0 Å². The molecule has 0 bridgehead atoms. The van der Waals surface area contributed by atoms with Crippen molar-refractivity contribution in [2.45, 2.75) is 19.4 Å². The summed E-state index contributed by atoms with van der Waals surface area (Å²) in [5.41, 5.74) is 8.92. The third-order valence-corrected chi connectivity index (χ3v) is 5.26. The maximum absolute atomic E-state index is 11.8. The van der Waals surface area contributed by atoms with E-state index in [4.69, 9.17) is 15.7 Å². The molecule has 1 aliphatic heterocycles. The van der Waals surface area contributed by atoms with E-state index in [-0.39, 0.29) is 0 Å². The van der Waals surface area contributed by atoms with Gasteiger partial charge in [-0.1, -0.05) is 36.4 Å². The van der Waals surface area contributed by atoms with E-state index in [1.54, 1.807) is 23.0 Å². The van der Waals surface area contributed by atoms with Gasteiger partial charge in [-0.25, -0.2) is 0 Å². The fraction of sp³-hybridized carbons (Fsp3) is 0.182. The zero-order valence-electron chi connectivity index (χ0n) is 16.3. The Labute approximate surface area is 173 Å². The second-order valence-electron chi connectivity index (χ2n) is 7.23. The van der Waals surface area contributed by atoms with E-state index >= 15 is 0 Å². The number of rotatable bonds is 5. The standard InChI is InChI=1S/C22H21N7O/c23-19(30)15-8-4-10-18-17(15)13-26-29(18)22-27-20-16(9-5-11-24-20)21(28-22)25-12-14-6-2-1-3-7-14/h1-4,6-8,10,13H,5,9,11-12H2,(H2,23,30)(H2,24,25,27,28). The fourth-order valence-electron chi connectivity index (χ4n) is 3.77. The molecule has 5 rings (SSSR count). The van der Waals surface area contributed by atoms with E-state index in [1.165, 1.54) is 5.56 Å². The van der Waals surface area contributed by atoms with Gasteiger partial charge in [0.2, 0.25) is 5.91 Å². The zero-order chi connectivity index (χ0) is 20.5. The van der Waals surface area contributed by atoms with Crippen LogP contribution >= 0.6 is 0 Å². The lowest BCUT2D eigenvalue weighted by atomic mass is 10.1. The lowest BCUT2D eigenvalue weighted by Gasteiger charge is -2.21. The molecule has 0 saturated carbocycles. The SMILES string of the molecule is NC(=O)c1cccc2c1cnn2-c1nc2c(c(NCc3ccccc3)n1)CCCN2. The minimum absolute atomic E-state index is 0.428. The molecule has 150 valence electrons. The van der Waals surface area contributed by atoms with Gasteiger partial charge in [-0.3, -0.25) is 4.79 Å². The van der Waals surface area contributed by atoms with Gasteiger partial charge in [0, 0.05) is 24.0 Å². The van der Waals surface area contributed by atoms with E-state index in [0.29, 0.717) is 23.4 Å². The summed E-state index contributed by atoms with van der Waals surface area (Å²) < 4.78 is 1.64. The number of carbonyl (C=O) groups is 1. The van der Waals surface area contributed by atoms with Crippen molar-refractivity contribution < 1.29 is 4.79 Å². The molecule has 0 radical (unpaired) electrons. The number of carbonyl (C=O) groups excluding carboxylic acids is 1. The number of fused-ring (bicyclic) bond motifs is 2. The normalized spacial score (nSPS) is 12.9. The molecule has 4 aromatic rings. The third kappa shape index (κ3) is 3.22. The fourth-order valence-corrected chi connectivity index (χ4v) is 3.77. The molecule has 1 amide bonds. The van der Waals surface area contributed by atoms with Crippen molar-refractivity contribution in [1.82, 2.24) is 19.7 Å². The number of anilines is 2. The first-order valence-corrected chi connectivity index (χ1v) is 9.90. The van der Waals surface area contributed by atoms with Gasteiger partial charge in [0.25, 0.3) is 5.95 Å². The number of hydrogen-bond donors (Lipinski definition) is 3. The third-order valence-electron chi connectivity index (χ3n) is 5.26. The van der Waals surface area contributed by atoms with Crippen LogP contribution in [0.4, 0.5) is 11.6 Å². The summed E-state index contributed by atoms with van der Waals surface area (Å²) in [6.07, 6.45) is 3.57. The molecule has 0 fully saturated rings. The molecule has 0 spiro atoms. The van der Waals surface area contributed by atoms with Gasteiger partial charge in [-0.05, 0) is 30.5 Å². The molecule has 1 aliphatic rings. The Hall–Kier alpha value is -3.94.